The number of amides is 1. The van der Waals surface area contributed by atoms with Crippen molar-refractivity contribution in [2.24, 2.45) is 0 Å². The first-order valence-electron chi connectivity index (χ1n) is 8.78. The first-order chi connectivity index (χ1) is 12.1. The van der Waals surface area contributed by atoms with Crippen molar-refractivity contribution >= 4 is 5.91 Å². The zero-order chi connectivity index (χ0) is 17.4. The highest BCUT2D eigenvalue weighted by atomic mass is 16.5. The fourth-order valence-electron chi connectivity index (χ4n) is 4.30. The zero-order valence-corrected chi connectivity index (χ0v) is 14.6. The van der Waals surface area contributed by atoms with Crippen molar-refractivity contribution in [2.75, 3.05) is 13.7 Å². The minimum Gasteiger partial charge on any atom is -0.497 e. The van der Waals surface area contributed by atoms with Crippen molar-refractivity contribution in [3.8, 4) is 5.75 Å². The van der Waals surface area contributed by atoms with E-state index in [1.807, 2.05) is 35.2 Å². The van der Waals surface area contributed by atoms with E-state index in [-0.39, 0.29) is 17.9 Å². The van der Waals surface area contributed by atoms with Gasteiger partial charge in [0.15, 0.2) is 0 Å². The van der Waals surface area contributed by atoms with Crippen LogP contribution in [0.2, 0.25) is 0 Å². The van der Waals surface area contributed by atoms with E-state index in [2.05, 4.69) is 31.2 Å². The number of hydrogen-bond donors (Lipinski definition) is 0. The van der Waals surface area contributed by atoms with Gasteiger partial charge in [-0.15, -0.1) is 0 Å². The van der Waals surface area contributed by atoms with E-state index in [1.165, 1.54) is 0 Å². The summed E-state index contributed by atoms with van der Waals surface area (Å²) in [5, 5.41) is 0. The summed E-state index contributed by atoms with van der Waals surface area (Å²) in [4.78, 5) is 14.8. The van der Waals surface area contributed by atoms with E-state index < -0.39 is 5.72 Å². The smallest absolute Gasteiger partial charge is 0.225 e. The molecule has 3 atom stereocenters. The van der Waals surface area contributed by atoms with Gasteiger partial charge in [-0.2, -0.15) is 0 Å². The summed E-state index contributed by atoms with van der Waals surface area (Å²) in [6, 6.07) is 18.3. The molecule has 0 aliphatic carbocycles. The number of ether oxygens (including phenoxy) is 2. The van der Waals surface area contributed by atoms with E-state index in [0.29, 0.717) is 13.0 Å². The summed E-state index contributed by atoms with van der Waals surface area (Å²) in [7, 11) is 1.68. The van der Waals surface area contributed by atoms with Crippen molar-refractivity contribution in [3.63, 3.8) is 0 Å². The molecule has 0 unspecified atom stereocenters. The molecule has 2 aromatic carbocycles. The lowest BCUT2D eigenvalue weighted by Crippen LogP contribution is -2.54. The molecular weight excluding hydrogens is 314 g/mol. The van der Waals surface area contributed by atoms with Crippen molar-refractivity contribution in [1.29, 1.82) is 0 Å². The van der Waals surface area contributed by atoms with Crippen LogP contribution >= 0.6 is 0 Å². The maximum atomic E-state index is 12.8. The summed E-state index contributed by atoms with van der Waals surface area (Å²) < 4.78 is 11.7. The van der Waals surface area contributed by atoms with Crippen LogP contribution in [0.5, 0.6) is 5.75 Å². The molecule has 0 N–H and O–H groups in total. The highest BCUT2D eigenvalue weighted by molar-refractivity contribution is 5.79. The molecule has 0 radical (unpaired) electrons. The lowest BCUT2D eigenvalue weighted by atomic mass is 9.80. The second kappa shape index (κ2) is 6.19. The molecule has 1 amide bonds. The van der Waals surface area contributed by atoms with Gasteiger partial charge in [0.25, 0.3) is 0 Å². The fourth-order valence-corrected chi connectivity index (χ4v) is 4.30. The molecule has 2 aromatic rings. The molecule has 2 saturated heterocycles. The number of fused-ring (bicyclic) bond motifs is 1. The third-order valence-corrected chi connectivity index (χ3v) is 5.57. The minimum atomic E-state index is -0.623. The average Bonchev–Trinajstić information content (AvgIpc) is 3.02. The molecule has 130 valence electrons. The Morgan fingerprint density at radius 1 is 1.12 bits per heavy atom. The molecule has 4 rings (SSSR count). The van der Waals surface area contributed by atoms with Crippen LogP contribution in [-0.2, 0) is 9.53 Å². The molecular formula is C21H23NO3. The minimum absolute atomic E-state index is 0.0212. The second-order valence-electron chi connectivity index (χ2n) is 6.92. The Bertz CT molecular complexity index is 776. The van der Waals surface area contributed by atoms with Crippen molar-refractivity contribution in [3.05, 3.63) is 65.7 Å². The van der Waals surface area contributed by atoms with E-state index in [0.717, 1.165) is 23.3 Å². The standard InChI is InChI=1S/C21H23NO3/c1-21-18(16-9-6-10-17(13-16)24-2)11-12-20(23)22(21)19(14-25-21)15-7-4-3-5-8-15/h3-10,13,18-19H,11-12,14H2,1-2H3/t18-,19+,21-/m1/s1. The Balaban J connectivity index is 1.72. The summed E-state index contributed by atoms with van der Waals surface area (Å²) >= 11 is 0. The number of methoxy groups -OCH3 is 1. The van der Waals surface area contributed by atoms with Gasteiger partial charge < -0.3 is 14.4 Å². The summed E-state index contributed by atoms with van der Waals surface area (Å²) in [6.45, 7) is 2.59. The molecule has 4 heteroatoms. The van der Waals surface area contributed by atoms with Gasteiger partial charge in [-0.3, -0.25) is 4.79 Å². The van der Waals surface area contributed by atoms with E-state index in [4.69, 9.17) is 9.47 Å². The Hall–Kier alpha value is -2.33. The first-order valence-corrected chi connectivity index (χ1v) is 8.78. The predicted octanol–water partition coefficient (Wildman–Crippen LogP) is 3.89. The third kappa shape index (κ3) is 2.61. The van der Waals surface area contributed by atoms with Crippen LogP contribution < -0.4 is 4.74 Å². The number of hydrogen-bond acceptors (Lipinski definition) is 3. The lowest BCUT2D eigenvalue weighted by Gasteiger charge is -2.46. The van der Waals surface area contributed by atoms with E-state index in [9.17, 15) is 4.79 Å². The molecule has 4 nitrogen and oxygen atoms in total. The van der Waals surface area contributed by atoms with Gasteiger partial charge in [0, 0.05) is 12.3 Å². The number of rotatable bonds is 3. The highest BCUT2D eigenvalue weighted by Gasteiger charge is 2.54. The molecule has 0 spiro atoms. The van der Waals surface area contributed by atoms with Gasteiger partial charge in [-0.05, 0) is 36.6 Å². The SMILES string of the molecule is COc1cccc([C@H]2CCC(=O)N3[C@H](c4ccccc4)CO[C@]23C)c1. The molecule has 2 heterocycles. The van der Waals surface area contributed by atoms with Gasteiger partial charge in [0.1, 0.15) is 11.5 Å². The van der Waals surface area contributed by atoms with Crippen molar-refractivity contribution in [2.45, 2.75) is 37.5 Å². The van der Waals surface area contributed by atoms with Gasteiger partial charge in [0.2, 0.25) is 5.91 Å². The molecule has 0 aromatic heterocycles. The van der Waals surface area contributed by atoms with Crippen LogP contribution in [0.15, 0.2) is 54.6 Å². The highest BCUT2D eigenvalue weighted by Crippen LogP contribution is 2.50. The van der Waals surface area contributed by atoms with Crippen molar-refractivity contribution in [1.82, 2.24) is 4.90 Å². The molecule has 0 bridgehead atoms. The predicted molar refractivity (Wildman–Crippen MR) is 95.4 cm³/mol. The van der Waals surface area contributed by atoms with Crippen molar-refractivity contribution < 1.29 is 14.3 Å². The molecule has 2 fully saturated rings. The van der Waals surface area contributed by atoms with Gasteiger partial charge in [-0.25, -0.2) is 0 Å². The number of carbonyl (C=O) groups is 1. The Morgan fingerprint density at radius 2 is 1.88 bits per heavy atom. The fraction of sp³-hybridized carbons (Fsp3) is 0.381. The molecule has 0 saturated carbocycles. The maximum absolute atomic E-state index is 12.8. The van der Waals surface area contributed by atoms with Crippen LogP contribution in [0, 0.1) is 0 Å². The number of carbonyl (C=O) groups excluding carboxylic acids is 1. The lowest BCUT2D eigenvalue weighted by molar-refractivity contribution is -0.161. The van der Waals surface area contributed by atoms with Crippen LogP contribution in [0.3, 0.4) is 0 Å². The van der Waals surface area contributed by atoms with Crippen LogP contribution in [0.1, 0.15) is 42.9 Å². The largest absolute Gasteiger partial charge is 0.497 e. The van der Waals surface area contributed by atoms with Crippen LogP contribution in [-0.4, -0.2) is 30.2 Å². The second-order valence-corrected chi connectivity index (χ2v) is 6.92. The number of piperidine rings is 1. The Kier molecular flexibility index (Phi) is 4.00. The monoisotopic (exact) mass is 337 g/mol. The Morgan fingerprint density at radius 3 is 2.64 bits per heavy atom. The third-order valence-electron chi connectivity index (χ3n) is 5.57. The normalized spacial score (nSPS) is 28.7. The summed E-state index contributed by atoms with van der Waals surface area (Å²) in [6.07, 6.45) is 1.34. The summed E-state index contributed by atoms with van der Waals surface area (Å²) in [5.74, 6) is 1.14. The van der Waals surface area contributed by atoms with Gasteiger partial charge in [0.05, 0.1) is 19.8 Å². The van der Waals surface area contributed by atoms with Crippen LogP contribution in [0.25, 0.3) is 0 Å². The Labute approximate surface area is 148 Å². The molecule has 2 aliphatic rings. The number of benzene rings is 2. The topological polar surface area (TPSA) is 38.8 Å². The quantitative estimate of drug-likeness (QED) is 0.853. The first kappa shape index (κ1) is 16.2. The van der Waals surface area contributed by atoms with Gasteiger partial charge in [-0.1, -0.05) is 42.5 Å². The van der Waals surface area contributed by atoms with Gasteiger partial charge >= 0.3 is 0 Å². The van der Waals surface area contributed by atoms with E-state index in [1.54, 1.807) is 7.11 Å². The average molecular weight is 337 g/mol. The maximum Gasteiger partial charge on any atom is 0.225 e. The van der Waals surface area contributed by atoms with E-state index >= 15 is 0 Å². The van der Waals surface area contributed by atoms with Crippen LogP contribution in [0.4, 0.5) is 0 Å². The molecule has 25 heavy (non-hydrogen) atoms. The zero-order valence-electron chi connectivity index (χ0n) is 14.6. The summed E-state index contributed by atoms with van der Waals surface area (Å²) in [5.41, 5.74) is 1.67. The molecule has 2 aliphatic heterocycles. The number of nitrogens with zero attached hydrogens (tertiary/aromatic N) is 1.